The number of hydrogen-bond acceptors (Lipinski definition) is 4. The second-order valence-electron chi connectivity index (χ2n) is 4.88. The highest BCUT2D eigenvalue weighted by Gasteiger charge is 2.08. The molecule has 0 amide bonds. The molecule has 3 nitrogen and oxygen atoms in total. The van der Waals surface area contributed by atoms with Crippen LogP contribution in [0.1, 0.15) is 9.67 Å². The summed E-state index contributed by atoms with van der Waals surface area (Å²) in [4.78, 5) is 17.1. The summed E-state index contributed by atoms with van der Waals surface area (Å²) in [6.45, 7) is 0. The number of carbonyl (C=O) groups is 1. The van der Waals surface area contributed by atoms with E-state index in [4.69, 9.17) is 4.42 Å². The van der Waals surface area contributed by atoms with E-state index in [1.807, 2.05) is 60.7 Å². The molecule has 0 bridgehead atoms. The van der Waals surface area contributed by atoms with E-state index in [-0.39, 0.29) is 0 Å². The molecule has 22 heavy (non-hydrogen) atoms. The zero-order chi connectivity index (χ0) is 14.9. The van der Waals surface area contributed by atoms with Gasteiger partial charge in [-0.1, -0.05) is 24.3 Å². The molecule has 0 N–H and O–H groups in total. The van der Waals surface area contributed by atoms with E-state index in [9.17, 15) is 4.79 Å². The molecule has 0 fully saturated rings. The standard InChI is InChI=1S/C18H11NO2S/c20-11-14-9-10-17(22-14)12-5-7-13(8-6-12)18-19-15-3-1-2-4-16(15)21-18/h1-11H. The predicted molar refractivity (Wildman–Crippen MR) is 88.1 cm³/mol. The zero-order valence-electron chi connectivity index (χ0n) is 11.5. The first-order valence-electron chi connectivity index (χ1n) is 6.85. The fourth-order valence-corrected chi connectivity index (χ4v) is 3.17. The van der Waals surface area contributed by atoms with Gasteiger partial charge in [0, 0.05) is 10.4 Å². The van der Waals surface area contributed by atoms with Crippen molar-refractivity contribution in [3.05, 3.63) is 65.5 Å². The van der Waals surface area contributed by atoms with Gasteiger partial charge in [0.15, 0.2) is 11.9 Å². The predicted octanol–water partition coefficient (Wildman–Crippen LogP) is 5.04. The molecule has 4 heteroatoms. The van der Waals surface area contributed by atoms with Crippen LogP contribution in [-0.2, 0) is 0 Å². The average Bonchev–Trinajstić information content (AvgIpc) is 3.21. The molecule has 0 aliphatic heterocycles. The van der Waals surface area contributed by atoms with Crippen LogP contribution in [0.5, 0.6) is 0 Å². The highest BCUT2D eigenvalue weighted by atomic mass is 32.1. The van der Waals surface area contributed by atoms with E-state index >= 15 is 0 Å². The van der Waals surface area contributed by atoms with E-state index in [1.165, 1.54) is 11.3 Å². The van der Waals surface area contributed by atoms with Crippen molar-refractivity contribution in [2.24, 2.45) is 0 Å². The summed E-state index contributed by atoms with van der Waals surface area (Å²) in [5, 5.41) is 0. The van der Waals surface area contributed by atoms with E-state index in [0.717, 1.165) is 38.3 Å². The van der Waals surface area contributed by atoms with Crippen molar-refractivity contribution in [3.63, 3.8) is 0 Å². The molecular weight excluding hydrogens is 294 g/mol. The lowest BCUT2D eigenvalue weighted by Crippen LogP contribution is -1.78. The highest BCUT2D eigenvalue weighted by Crippen LogP contribution is 2.30. The maximum atomic E-state index is 10.8. The largest absolute Gasteiger partial charge is 0.436 e. The topological polar surface area (TPSA) is 43.1 Å². The van der Waals surface area contributed by atoms with Crippen molar-refractivity contribution < 1.29 is 9.21 Å². The SMILES string of the molecule is O=Cc1ccc(-c2ccc(-c3nc4ccccc4o3)cc2)s1. The normalized spacial score (nSPS) is 10.9. The Morgan fingerprint density at radius 1 is 0.909 bits per heavy atom. The summed E-state index contributed by atoms with van der Waals surface area (Å²) in [5.74, 6) is 0.618. The van der Waals surface area contributed by atoms with Crippen molar-refractivity contribution in [3.8, 4) is 21.9 Å². The molecule has 0 unspecified atom stereocenters. The number of aldehydes is 1. The van der Waals surface area contributed by atoms with Crippen LogP contribution in [0.2, 0.25) is 0 Å². The Labute approximate surface area is 130 Å². The summed E-state index contributed by atoms with van der Waals surface area (Å²) in [6, 6.07) is 19.5. The third-order valence-electron chi connectivity index (χ3n) is 3.45. The summed E-state index contributed by atoms with van der Waals surface area (Å²) in [6.07, 6.45) is 0.876. The van der Waals surface area contributed by atoms with Crippen LogP contribution in [0.4, 0.5) is 0 Å². The van der Waals surface area contributed by atoms with Crippen LogP contribution in [0.15, 0.2) is 65.1 Å². The molecule has 2 heterocycles. The van der Waals surface area contributed by atoms with Gasteiger partial charge in [-0.05, 0) is 42.0 Å². The van der Waals surface area contributed by atoms with Crippen molar-refractivity contribution in [1.29, 1.82) is 0 Å². The first-order valence-corrected chi connectivity index (χ1v) is 7.66. The quantitative estimate of drug-likeness (QED) is 0.498. The molecule has 2 aromatic carbocycles. The number of rotatable bonds is 3. The van der Waals surface area contributed by atoms with Gasteiger partial charge in [0.25, 0.3) is 0 Å². The third kappa shape index (κ3) is 2.23. The molecule has 0 aliphatic rings. The van der Waals surface area contributed by atoms with Gasteiger partial charge in [0.1, 0.15) is 5.52 Å². The molecule has 106 valence electrons. The summed E-state index contributed by atoms with van der Waals surface area (Å²) in [5.41, 5.74) is 3.66. The first kappa shape index (κ1) is 13.0. The van der Waals surface area contributed by atoms with Crippen molar-refractivity contribution in [1.82, 2.24) is 4.98 Å². The lowest BCUT2D eigenvalue weighted by molar-refractivity contribution is 0.112. The molecule has 4 rings (SSSR count). The highest BCUT2D eigenvalue weighted by molar-refractivity contribution is 7.17. The van der Waals surface area contributed by atoms with E-state index in [1.54, 1.807) is 0 Å². The van der Waals surface area contributed by atoms with Gasteiger partial charge in [0.2, 0.25) is 5.89 Å². The smallest absolute Gasteiger partial charge is 0.227 e. The van der Waals surface area contributed by atoms with Crippen LogP contribution in [0.3, 0.4) is 0 Å². The van der Waals surface area contributed by atoms with Gasteiger partial charge in [0.05, 0.1) is 4.88 Å². The van der Waals surface area contributed by atoms with Gasteiger partial charge in [-0.2, -0.15) is 0 Å². The maximum Gasteiger partial charge on any atom is 0.227 e. The first-order chi connectivity index (χ1) is 10.8. The average molecular weight is 305 g/mol. The number of fused-ring (bicyclic) bond motifs is 1. The number of nitrogens with zero attached hydrogens (tertiary/aromatic N) is 1. The van der Waals surface area contributed by atoms with Crippen LogP contribution in [-0.4, -0.2) is 11.3 Å². The van der Waals surface area contributed by atoms with Crippen molar-refractivity contribution >= 4 is 28.7 Å². The monoisotopic (exact) mass is 305 g/mol. The minimum absolute atomic E-state index is 0.618. The molecule has 0 atom stereocenters. The zero-order valence-corrected chi connectivity index (χ0v) is 12.3. The Balaban J connectivity index is 1.70. The Hall–Kier alpha value is -2.72. The molecule has 2 aromatic heterocycles. The van der Waals surface area contributed by atoms with Crippen LogP contribution >= 0.6 is 11.3 Å². The summed E-state index contributed by atoms with van der Waals surface area (Å²) >= 11 is 1.48. The number of aromatic nitrogens is 1. The fourth-order valence-electron chi connectivity index (χ4n) is 2.34. The molecule has 0 aliphatic carbocycles. The van der Waals surface area contributed by atoms with Gasteiger partial charge >= 0.3 is 0 Å². The maximum absolute atomic E-state index is 10.8. The second kappa shape index (κ2) is 5.24. The number of carbonyl (C=O) groups excluding carboxylic acids is 1. The molecular formula is C18H11NO2S. The summed E-state index contributed by atoms with van der Waals surface area (Å²) < 4.78 is 5.77. The van der Waals surface area contributed by atoms with Crippen molar-refractivity contribution in [2.45, 2.75) is 0 Å². The van der Waals surface area contributed by atoms with E-state index in [2.05, 4.69) is 4.98 Å². The summed E-state index contributed by atoms with van der Waals surface area (Å²) in [7, 11) is 0. The van der Waals surface area contributed by atoms with Crippen LogP contribution in [0.25, 0.3) is 33.0 Å². The Kier molecular flexibility index (Phi) is 3.09. The number of oxazole rings is 1. The molecule has 0 saturated heterocycles. The molecule has 0 radical (unpaired) electrons. The number of hydrogen-bond donors (Lipinski definition) is 0. The lowest BCUT2D eigenvalue weighted by atomic mass is 10.1. The molecule has 0 spiro atoms. The number of para-hydroxylation sites is 2. The minimum atomic E-state index is 0.618. The Bertz CT molecular complexity index is 918. The molecule has 4 aromatic rings. The van der Waals surface area contributed by atoms with Gasteiger partial charge in [-0.25, -0.2) is 4.98 Å². The minimum Gasteiger partial charge on any atom is -0.436 e. The van der Waals surface area contributed by atoms with Crippen LogP contribution < -0.4 is 0 Å². The number of thiophene rings is 1. The third-order valence-corrected chi connectivity index (χ3v) is 4.51. The van der Waals surface area contributed by atoms with Gasteiger partial charge < -0.3 is 4.42 Å². The lowest BCUT2D eigenvalue weighted by Gasteiger charge is -1.99. The van der Waals surface area contributed by atoms with Gasteiger partial charge in [-0.3, -0.25) is 4.79 Å². The number of benzene rings is 2. The van der Waals surface area contributed by atoms with E-state index < -0.39 is 0 Å². The molecule has 0 saturated carbocycles. The van der Waals surface area contributed by atoms with Crippen LogP contribution in [0, 0.1) is 0 Å². The Morgan fingerprint density at radius 2 is 1.68 bits per heavy atom. The van der Waals surface area contributed by atoms with Crippen molar-refractivity contribution in [2.75, 3.05) is 0 Å². The van der Waals surface area contributed by atoms with Gasteiger partial charge in [-0.15, -0.1) is 11.3 Å². The second-order valence-corrected chi connectivity index (χ2v) is 6.00. The Morgan fingerprint density at radius 3 is 2.41 bits per heavy atom. The van der Waals surface area contributed by atoms with E-state index in [0.29, 0.717) is 5.89 Å². The fraction of sp³-hybridized carbons (Fsp3) is 0.